The minimum atomic E-state index is 0.797. The number of rotatable bonds is 6. The Balaban J connectivity index is 1.36. The second-order valence-electron chi connectivity index (χ2n) is 8.18. The van der Waals surface area contributed by atoms with Crippen molar-refractivity contribution in [3.8, 4) is 0 Å². The molecular formula is C21H32N2. The van der Waals surface area contributed by atoms with Gasteiger partial charge in [0.15, 0.2) is 0 Å². The topological polar surface area (TPSA) is 15.3 Å². The van der Waals surface area contributed by atoms with Gasteiger partial charge in [-0.3, -0.25) is 0 Å². The minimum absolute atomic E-state index is 0.797. The lowest BCUT2D eigenvalue weighted by molar-refractivity contribution is -0.0142. The predicted octanol–water partition coefficient (Wildman–Crippen LogP) is 4.45. The maximum atomic E-state index is 3.94. The molecule has 23 heavy (non-hydrogen) atoms. The van der Waals surface area contributed by atoms with Crippen molar-refractivity contribution in [2.24, 2.45) is 23.7 Å². The fraction of sp³-hybridized carbons (Fsp3) is 0.714. The number of anilines is 1. The largest absolute Gasteiger partial charge is 0.372 e. The van der Waals surface area contributed by atoms with Crippen LogP contribution in [0.25, 0.3) is 0 Å². The summed E-state index contributed by atoms with van der Waals surface area (Å²) < 4.78 is 0. The lowest BCUT2D eigenvalue weighted by Gasteiger charge is -2.54. The normalized spacial score (nSPS) is 34.8. The maximum Gasteiger partial charge on any atom is 0.0366 e. The summed E-state index contributed by atoms with van der Waals surface area (Å²) in [5.74, 6) is 4.09. The molecule has 0 spiro atoms. The molecule has 2 heteroatoms. The van der Waals surface area contributed by atoms with E-state index >= 15 is 0 Å². The van der Waals surface area contributed by atoms with Gasteiger partial charge in [0.1, 0.15) is 0 Å². The molecule has 4 saturated carbocycles. The molecule has 2 nitrogen and oxygen atoms in total. The van der Waals surface area contributed by atoms with Crippen LogP contribution in [0.3, 0.4) is 0 Å². The van der Waals surface area contributed by atoms with Gasteiger partial charge >= 0.3 is 0 Å². The smallest absolute Gasteiger partial charge is 0.0366 e. The van der Waals surface area contributed by atoms with E-state index in [1.807, 2.05) is 0 Å². The Morgan fingerprint density at radius 1 is 0.870 bits per heavy atom. The molecule has 126 valence electrons. The summed E-state index contributed by atoms with van der Waals surface area (Å²) in [7, 11) is 0. The Morgan fingerprint density at radius 2 is 1.43 bits per heavy atom. The third-order valence-corrected chi connectivity index (χ3v) is 6.83. The van der Waals surface area contributed by atoms with Gasteiger partial charge in [-0.05, 0) is 87.3 Å². The van der Waals surface area contributed by atoms with Gasteiger partial charge in [0.05, 0.1) is 0 Å². The van der Waals surface area contributed by atoms with Crippen LogP contribution in [-0.4, -0.2) is 19.1 Å². The van der Waals surface area contributed by atoms with Crippen molar-refractivity contribution in [1.29, 1.82) is 0 Å². The number of hydrogen-bond donors (Lipinski definition) is 1. The van der Waals surface area contributed by atoms with Crippen LogP contribution >= 0.6 is 0 Å². The summed E-state index contributed by atoms with van der Waals surface area (Å²) in [5, 5.41) is 3.94. The van der Waals surface area contributed by atoms with Crippen molar-refractivity contribution in [2.75, 3.05) is 18.0 Å². The van der Waals surface area contributed by atoms with Crippen LogP contribution in [0.4, 0.5) is 5.69 Å². The predicted molar refractivity (Wildman–Crippen MR) is 97.7 cm³/mol. The molecule has 0 atom stereocenters. The standard InChI is InChI=1S/C21H32N2/c1-3-23(4-2)20-7-5-15(6-8-20)14-22-21-18-10-16-9-17(12-18)13-19(21)11-16/h5-8,16-19,21-22H,3-4,9-14H2,1-2H3. The molecule has 0 unspecified atom stereocenters. The second-order valence-corrected chi connectivity index (χ2v) is 8.18. The van der Waals surface area contributed by atoms with Crippen molar-refractivity contribution >= 4 is 5.69 Å². The third kappa shape index (κ3) is 3.03. The number of hydrogen-bond acceptors (Lipinski definition) is 2. The average molecular weight is 313 g/mol. The molecule has 4 bridgehead atoms. The Labute approximate surface area is 141 Å². The summed E-state index contributed by atoms with van der Waals surface area (Å²) >= 11 is 0. The summed E-state index contributed by atoms with van der Waals surface area (Å²) in [6, 6.07) is 10.0. The highest BCUT2D eigenvalue weighted by molar-refractivity contribution is 5.47. The molecule has 0 amide bonds. The quantitative estimate of drug-likeness (QED) is 0.835. The van der Waals surface area contributed by atoms with Crippen LogP contribution in [-0.2, 0) is 6.54 Å². The molecule has 4 aliphatic carbocycles. The minimum Gasteiger partial charge on any atom is -0.372 e. The first kappa shape index (κ1) is 15.5. The van der Waals surface area contributed by atoms with E-state index in [9.17, 15) is 0 Å². The molecule has 5 rings (SSSR count). The molecule has 1 N–H and O–H groups in total. The van der Waals surface area contributed by atoms with Crippen LogP contribution in [0.1, 0.15) is 51.5 Å². The first-order chi connectivity index (χ1) is 11.3. The summed E-state index contributed by atoms with van der Waals surface area (Å²) in [6.45, 7) is 7.67. The van der Waals surface area contributed by atoms with Crippen LogP contribution in [0, 0.1) is 23.7 Å². The van der Waals surface area contributed by atoms with Crippen molar-refractivity contribution in [3.63, 3.8) is 0 Å². The molecular weight excluding hydrogens is 280 g/mol. The van der Waals surface area contributed by atoms with Crippen molar-refractivity contribution in [1.82, 2.24) is 5.32 Å². The molecule has 0 radical (unpaired) electrons. The average Bonchev–Trinajstić information content (AvgIpc) is 2.56. The molecule has 1 aromatic rings. The van der Waals surface area contributed by atoms with Gasteiger partial charge in [-0.1, -0.05) is 12.1 Å². The van der Waals surface area contributed by atoms with Gasteiger partial charge in [-0.25, -0.2) is 0 Å². The van der Waals surface area contributed by atoms with Gasteiger partial charge in [0, 0.05) is 31.4 Å². The third-order valence-electron chi connectivity index (χ3n) is 6.83. The Morgan fingerprint density at radius 3 is 1.96 bits per heavy atom. The molecule has 4 aliphatic rings. The maximum absolute atomic E-state index is 3.94. The highest BCUT2D eigenvalue weighted by Crippen LogP contribution is 2.53. The van der Waals surface area contributed by atoms with E-state index in [-0.39, 0.29) is 0 Å². The zero-order valence-electron chi connectivity index (χ0n) is 14.8. The Bertz CT molecular complexity index is 489. The van der Waals surface area contributed by atoms with Gasteiger partial charge in [-0.2, -0.15) is 0 Å². The van der Waals surface area contributed by atoms with Gasteiger partial charge in [0.2, 0.25) is 0 Å². The zero-order chi connectivity index (χ0) is 15.8. The van der Waals surface area contributed by atoms with Crippen LogP contribution < -0.4 is 10.2 Å². The Hall–Kier alpha value is -1.02. The zero-order valence-corrected chi connectivity index (χ0v) is 14.8. The van der Waals surface area contributed by atoms with E-state index in [1.54, 1.807) is 6.42 Å². The fourth-order valence-electron chi connectivity index (χ4n) is 5.91. The number of benzene rings is 1. The first-order valence-corrected chi connectivity index (χ1v) is 9.84. The van der Waals surface area contributed by atoms with E-state index in [0.717, 1.165) is 49.3 Å². The van der Waals surface area contributed by atoms with Gasteiger partial charge in [0.25, 0.3) is 0 Å². The summed E-state index contributed by atoms with van der Waals surface area (Å²) in [5.41, 5.74) is 2.79. The SMILES string of the molecule is CCN(CC)c1ccc(CNC2C3CC4CC(C3)CC2C4)cc1. The molecule has 0 aromatic heterocycles. The lowest BCUT2D eigenvalue weighted by atomic mass is 9.54. The van der Waals surface area contributed by atoms with Crippen LogP contribution in [0.2, 0.25) is 0 Å². The molecule has 1 aromatic carbocycles. The molecule has 0 saturated heterocycles. The van der Waals surface area contributed by atoms with Crippen molar-refractivity contribution < 1.29 is 0 Å². The number of nitrogens with zero attached hydrogens (tertiary/aromatic N) is 1. The van der Waals surface area contributed by atoms with Crippen LogP contribution in [0.15, 0.2) is 24.3 Å². The van der Waals surface area contributed by atoms with Gasteiger partial charge in [-0.15, -0.1) is 0 Å². The fourth-order valence-corrected chi connectivity index (χ4v) is 5.91. The van der Waals surface area contributed by atoms with E-state index < -0.39 is 0 Å². The molecule has 0 aliphatic heterocycles. The van der Waals surface area contributed by atoms with Crippen molar-refractivity contribution in [3.05, 3.63) is 29.8 Å². The van der Waals surface area contributed by atoms with Crippen molar-refractivity contribution in [2.45, 2.75) is 58.5 Å². The highest BCUT2D eigenvalue weighted by Gasteiger charge is 2.47. The van der Waals surface area contributed by atoms with E-state index in [2.05, 4.69) is 48.3 Å². The molecule has 0 heterocycles. The first-order valence-electron chi connectivity index (χ1n) is 9.84. The van der Waals surface area contributed by atoms with Crippen LogP contribution in [0.5, 0.6) is 0 Å². The van der Waals surface area contributed by atoms with E-state index in [4.69, 9.17) is 0 Å². The molecule has 4 fully saturated rings. The summed E-state index contributed by atoms with van der Waals surface area (Å²) in [4.78, 5) is 2.41. The summed E-state index contributed by atoms with van der Waals surface area (Å²) in [6.07, 6.45) is 7.57. The highest BCUT2D eigenvalue weighted by atomic mass is 15.1. The van der Waals surface area contributed by atoms with E-state index in [1.165, 1.54) is 36.9 Å². The van der Waals surface area contributed by atoms with Gasteiger partial charge < -0.3 is 10.2 Å². The second kappa shape index (κ2) is 6.47. The monoisotopic (exact) mass is 312 g/mol. The lowest BCUT2D eigenvalue weighted by Crippen LogP contribution is -2.54. The number of nitrogens with one attached hydrogen (secondary N) is 1. The Kier molecular flexibility index (Phi) is 4.36. The van der Waals surface area contributed by atoms with E-state index in [0.29, 0.717) is 0 Å².